The van der Waals surface area contributed by atoms with Gasteiger partial charge in [0.05, 0.1) is 15.8 Å². The van der Waals surface area contributed by atoms with Crippen molar-refractivity contribution in [3.63, 3.8) is 0 Å². The van der Waals surface area contributed by atoms with Gasteiger partial charge in [-0.3, -0.25) is 14.3 Å². The quantitative estimate of drug-likeness (QED) is 0.697. The minimum absolute atomic E-state index is 0.0599. The predicted octanol–water partition coefficient (Wildman–Crippen LogP) is 0.587. The molecule has 3 N–H and O–H groups in total. The number of nitrogens with one attached hydrogen (secondary N) is 2. The molecule has 0 atom stereocenters. The molecule has 0 saturated carbocycles. The van der Waals surface area contributed by atoms with E-state index in [1.165, 1.54) is 12.1 Å². The van der Waals surface area contributed by atoms with Gasteiger partial charge in [-0.1, -0.05) is 13.8 Å². The van der Waals surface area contributed by atoms with E-state index >= 15 is 0 Å². The Bertz CT molecular complexity index is 861. The molecule has 0 amide bonds. The standard InChI is InChI=1S/C11H12N2O5S/c1-5(2)8-7(19(16,17)18)4-3-6-9(8)10(14)13-11(15)12-6/h3-5H,1-2H3,(H,16,17,18)(H2,12,13,14,15). The lowest BCUT2D eigenvalue weighted by Crippen LogP contribution is -2.23. The largest absolute Gasteiger partial charge is 0.326 e. The highest BCUT2D eigenvalue weighted by Gasteiger charge is 2.22. The summed E-state index contributed by atoms with van der Waals surface area (Å²) in [6.45, 7) is 3.38. The predicted molar refractivity (Wildman–Crippen MR) is 69.1 cm³/mol. The van der Waals surface area contributed by atoms with Crippen LogP contribution in [0, 0.1) is 0 Å². The van der Waals surface area contributed by atoms with Crippen molar-refractivity contribution in [3.8, 4) is 0 Å². The highest BCUT2D eigenvalue weighted by Crippen LogP contribution is 2.28. The van der Waals surface area contributed by atoms with Gasteiger partial charge in [-0.15, -0.1) is 0 Å². The van der Waals surface area contributed by atoms with E-state index in [1.54, 1.807) is 13.8 Å². The first-order valence-corrected chi connectivity index (χ1v) is 6.92. The van der Waals surface area contributed by atoms with Gasteiger partial charge in [0, 0.05) is 0 Å². The van der Waals surface area contributed by atoms with Crippen LogP contribution < -0.4 is 11.2 Å². The third-order valence-electron chi connectivity index (χ3n) is 2.76. The fourth-order valence-corrected chi connectivity index (χ4v) is 2.92. The summed E-state index contributed by atoms with van der Waals surface area (Å²) in [5.74, 6) is -0.326. The molecule has 19 heavy (non-hydrogen) atoms. The van der Waals surface area contributed by atoms with Crippen molar-refractivity contribution < 1.29 is 13.0 Å². The molecule has 8 heteroatoms. The van der Waals surface area contributed by atoms with Gasteiger partial charge in [0.25, 0.3) is 15.7 Å². The van der Waals surface area contributed by atoms with E-state index in [4.69, 9.17) is 0 Å². The first-order valence-electron chi connectivity index (χ1n) is 5.48. The van der Waals surface area contributed by atoms with E-state index in [0.717, 1.165) is 0 Å². The molecule has 102 valence electrons. The SMILES string of the molecule is CC(C)c1c(S(=O)(=O)O)ccc2[nH]c(=O)[nH]c(=O)c12. The summed E-state index contributed by atoms with van der Waals surface area (Å²) in [6.07, 6.45) is 0. The third kappa shape index (κ3) is 2.32. The average molecular weight is 284 g/mol. The third-order valence-corrected chi connectivity index (χ3v) is 3.67. The number of H-pyrrole nitrogens is 2. The maximum atomic E-state index is 11.9. The van der Waals surface area contributed by atoms with E-state index < -0.39 is 21.4 Å². The van der Waals surface area contributed by atoms with Crippen molar-refractivity contribution in [2.45, 2.75) is 24.7 Å². The van der Waals surface area contributed by atoms with Gasteiger partial charge in [0.15, 0.2) is 0 Å². The Balaban J connectivity index is 3.10. The van der Waals surface area contributed by atoms with Gasteiger partial charge in [-0.25, -0.2) is 4.79 Å². The number of benzene rings is 1. The molecule has 7 nitrogen and oxygen atoms in total. The fraction of sp³-hybridized carbons (Fsp3) is 0.273. The van der Waals surface area contributed by atoms with Crippen LogP contribution >= 0.6 is 0 Å². The minimum atomic E-state index is -4.44. The summed E-state index contributed by atoms with van der Waals surface area (Å²) in [4.78, 5) is 27.2. The number of hydrogen-bond donors (Lipinski definition) is 3. The number of rotatable bonds is 2. The molecule has 0 unspecified atom stereocenters. The molecule has 1 heterocycles. The van der Waals surface area contributed by atoms with Crippen LogP contribution in [0.5, 0.6) is 0 Å². The summed E-state index contributed by atoms with van der Waals surface area (Å²) in [5, 5.41) is 0.0599. The van der Waals surface area contributed by atoms with Crippen molar-refractivity contribution in [1.82, 2.24) is 9.97 Å². The van der Waals surface area contributed by atoms with Crippen molar-refractivity contribution in [2.24, 2.45) is 0 Å². The number of aromatic nitrogens is 2. The van der Waals surface area contributed by atoms with Gasteiger partial charge in [-0.2, -0.15) is 8.42 Å². The summed E-state index contributed by atoms with van der Waals surface area (Å²) in [5.41, 5.74) is -0.956. The zero-order chi connectivity index (χ0) is 14.4. The lowest BCUT2D eigenvalue weighted by atomic mass is 9.99. The zero-order valence-corrected chi connectivity index (χ0v) is 11.0. The molecular formula is C11H12N2O5S. The lowest BCUT2D eigenvalue weighted by Gasteiger charge is -2.13. The second-order valence-corrected chi connectivity index (χ2v) is 5.83. The summed E-state index contributed by atoms with van der Waals surface area (Å²) in [6, 6.07) is 2.45. The molecule has 0 aliphatic heterocycles. The van der Waals surface area contributed by atoms with Crippen LogP contribution in [0.4, 0.5) is 0 Å². The second-order valence-electron chi connectivity index (χ2n) is 4.44. The van der Waals surface area contributed by atoms with Crippen molar-refractivity contribution in [1.29, 1.82) is 0 Å². The molecule has 0 radical (unpaired) electrons. The van der Waals surface area contributed by atoms with Gasteiger partial charge in [0.1, 0.15) is 0 Å². The second kappa shape index (κ2) is 4.32. The first-order chi connectivity index (χ1) is 8.71. The Morgan fingerprint density at radius 3 is 2.32 bits per heavy atom. The maximum absolute atomic E-state index is 11.9. The van der Waals surface area contributed by atoms with E-state index in [0.29, 0.717) is 0 Å². The van der Waals surface area contributed by atoms with Crippen molar-refractivity contribution in [2.75, 3.05) is 0 Å². The van der Waals surface area contributed by atoms with Gasteiger partial charge in [0.2, 0.25) is 0 Å². The molecule has 0 fully saturated rings. The van der Waals surface area contributed by atoms with Crippen LogP contribution in [0.25, 0.3) is 10.9 Å². The smallest absolute Gasteiger partial charge is 0.307 e. The van der Waals surface area contributed by atoms with Gasteiger partial charge < -0.3 is 4.98 Å². The Hall–Kier alpha value is -1.93. The molecule has 0 aliphatic carbocycles. The monoisotopic (exact) mass is 284 g/mol. The van der Waals surface area contributed by atoms with Crippen LogP contribution in [0.15, 0.2) is 26.6 Å². The van der Waals surface area contributed by atoms with E-state index in [-0.39, 0.29) is 27.3 Å². The van der Waals surface area contributed by atoms with E-state index in [1.807, 2.05) is 4.98 Å². The molecule has 2 rings (SSSR count). The number of fused-ring (bicyclic) bond motifs is 1. The van der Waals surface area contributed by atoms with Crippen LogP contribution in [-0.2, 0) is 10.1 Å². The van der Waals surface area contributed by atoms with E-state index in [2.05, 4.69) is 4.98 Å². The zero-order valence-electron chi connectivity index (χ0n) is 10.2. The van der Waals surface area contributed by atoms with E-state index in [9.17, 15) is 22.6 Å². The Labute approximate surface area is 108 Å². The van der Waals surface area contributed by atoms with Crippen molar-refractivity contribution >= 4 is 21.0 Å². The molecule has 1 aromatic carbocycles. The number of hydrogen-bond acceptors (Lipinski definition) is 4. The van der Waals surface area contributed by atoms with Crippen LogP contribution in [-0.4, -0.2) is 22.9 Å². The molecule has 2 aromatic rings. The van der Waals surface area contributed by atoms with Gasteiger partial charge >= 0.3 is 5.69 Å². The molecule has 0 aliphatic rings. The summed E-state index contributed by atoms with van der Waals surface area (Å²) in [7, 11) is -4.44. The van der Waals surface area contributed by atoms with Crippen molar-refractivity contribution in [3.05, 3.63) is 38.5 Å². The average Bonchev–Trinajstić information content (AvgIpc) is 2.25. The maximum Gasteiger partial charge on any atom is 0.326 e. The van der Waals surface area contributed by atoms with Gasteiger partial charge in [-0.05, 0) is 23.6 Å². The van der Waals surface area contributed by atoms with Crippen LogP contribution in [0.2, 0.25) is 0 Å². The summed E-state index contributed by atoms with van der Waals surface area (Å²) < 4.78 is 31.9. The molecular weight excluding hydrogens is 272 g/mol. The topological polar surface area (TPSA) is 120 Å². The molecule has 0 saturated heterocycles. The first kappa shape index (κ1) is 13.5. The Morgan fingerprint density at radius 2 is 1.79 bits per heavy atom. The number of aromatic amines is 2. The lowest BCUT2D eigenvalue weighted by molar-refractivity contribution is 0.481. The normalized spacial score (nSPS) is 12.2. The highest BCUT2D eigenvalue weighted by molar-refractivity contribution is 7.85. The Kier molecular flexibility index (Phi) is 3.07. The van der Waals surface area contributed by atoms with Crippen LogP contribution in [0.3, 0.4) is 0 Å². The molecule has 0 spiro atoms. The minimum Gasteiger partial charge on any atom is -0.307 e. The molecule has 0 bridgehead atoms. The molecule has 1 aromatic heterocycles. The highest BCUT2D eigenvalue weighted by atomic mass is 32.2. The Morgan fingerprint density at radius 1 is 1.16 bits per heavy atom. The fourth-order valence-electron chi connectivity index (χ4n) is 2.07. The van der Waals surface area contributed by atoms with Crippen LogP contribution in [0.1, 0.15) is 25.3 Å². The summed E-state index contributed by atoms with van der Waals surface area (Å²) >= 11 is 0.